The summed E-state index contributed by atoms with van der Waals surface area (Å²) >= 11 is 3.27. The van der Waals surface area contributed by atoms with Crippen LogP contribution < -0.4 is 4.90 Å². The molecule has 5 heteroatoms. The molecule has 2 rings (SSSR count). The van der Waals surface area contributed by atoms with Gasteiger partial charge in [0.05, 0.1) is 10.5 Å². The van der Waals surface area contributed by atoms with Gasteiger partial charge in [0.25, 0.3) is 0 Å². The Balaban J connectivity index is 2.13. The summed E-state index contributed by atoms with van der Waals surface area (Å²) in [5, 5.41) is 0. The molecule has 1 saturated carbocycles. The lowest BCUT2D eigenvalue weighted by molar-refractivity contribution is 0.306. The van der Waals surface area contributed by atoms with Crippen molar-refractivity contribution >= 4 is 21.9 Å². The zero-order chi connectivity index (χ0) is 10.8. The third-order valence-corrected chi connectivity index (χ3v) is 3.23. The van der Waals surface area contributed by atoms with Crippen LogP contribution in [0.3, 0.4) is 0 Å². The number of aromatic nitrogens is 2. The normalized spacial score (nSPS) is 25.5. The predicted molar refractivity (Wildman–Crippen MR) is 60.7 cm³/mol. The van der Waals surface area contributed by atoms with Crippen molar-refractivity contribution in [3.63, 3.8) is 0 Å². The van der Waals surface area contributed by atoms with E-state index < -0.39 is 6.17 Å². The molecule has 0 radical (unpaired) electrons. The van der Waals surface area contributed by atoms with Crippen LogP contribution in [0.5, 0.6) is 0 Å². The van der Waals surface area contributed by atoms with Crippen molar-refractivity contribution in [2.24, 2.45) is 0 Å². The third-order valence-electron chi connectivity index (χ3n) is 2.82. The molecule has 1 heterocycles. The van der Waals surface area contributed by atoms with Gasteiger partial charge in [0.1, 0.15) is 6.17 Å². The standard InChI is InChI=1S/C10H13BrFN3/c1-15(9-4-2-3-8(9)12)10-13-5-7(11)6-14-10/h5-6,8-9H,2-4H2,1H3/t8-,9-/m1/s1. The summed E-state index contributed by atoms with van der Waals surface area (Å²) in [4.78, 5) is 10.2. The first-order valence-corrected chi connectivity index (χ1v) is 5.82. The molecular weight excluding hydrogens is 261 g/mol. The first kappa shape index (κ1) is 10.8. The van der Waals surface area contributed by atoms with E-state index in [4.69, 9.17) is 0 Å². The topological polar surface area (TPSA) is 29.0 Å². The van der Waals surface area contributed by atoms with E-state index in [1.807, 2.05) is 11.9 Å². The van der Waals surface area contributed by atoms with Gasteiger partial charge in [-0.25, -0.2) is 14.4 Å². The maximum Gasteiger partial charge on any atom is 0.225 e. The Morgan fingerprint density at radius 3 is 2.60 bits per heavy atom. The summed E-state index contributed by atoms with van der Waals surface area (Å²) in [5.41, 5.74) is 0. The molecular formula is C10H13BrFN3. The summed E-state index contributed by atoms with van der Waals surface area (Å²) in [6.07, 6.45) is 5.11. The molecule has 0 amide bonds. The van der Waals surface area contributed by atoms with Gasteiger partial charge in [-0.2, -0.15) is 0 Å². The van der Waals surface area contributed by atoms with Crippen LogP contribution in [0.15, 0.2) is 16.9 Å². The molecule has 1 aliphatic rings. The fraction of sp³-hybridized carbons (Fsp3) is 0.600. The van der Waals surface area contributed by atoms with E-state index in [-0.39, 0.29) is 6.04 Å². The van der Waals surface area contributed by atoms with Gasteiger partial charge < -0.3 is 4.90 Å². The Labute approximate surface area is 96.8 Å². The third kappa shape index (κ3) is 2.27. The monoisotopic (exact) mass is 273 g/mol. The highest BCUT2D eigenvalue weighted by molar-refractivity contribution is 9.10. The molecule has 0 unspecified atom stereocenters. The van der Waals surface area contributed by atoms with Crippen LogP contribution in [-0.4, -0.2) is 29.2 Å². The number of hydrogen-bond donors (Lipinski definition) is 0. The van der Waals surface area contributed by atoms with Crippen molar-refractivity contribution < 1.29 is 4.39 Å². The van der Waals surface area contributed by atoms with E-state index in [0.29, 0.717) is 12.4 Å². The first-order valence-electron chi connectivity index (χ1n) is 5.03. The lowest BCUT2D eigenvalue weighted by atomic mass is 10.2. The highest BCUT2D eigenvalue weighted by Crippen LogP contribution is 2.27. The molecule has 1 aromatic heterocycles. The van der Waals surface area contributed by atoms with Crippen molar-refractivity contribution in [3.8, 4) is 0 Å². The highest BCUT2D eigenvalue weighted by Gasteiger charge is 2.31. The number of halogens is 2. The van der Waals surface area contributed by atoms with Crippen molar-refractivity contribution in [3.05, 3.63) is 16.9 Å². The molecule has 0 N–H and O–H groups in total. The Kier molecular flexibility index (Phi) is 3.19. The molecule has 0 aliphatic heterocycles. The van der Waals surface area contributed by atoms with Crippen LogP contribution in [0.1, 0.15) is 19.3 Å². The van der Waals surface area contributed by atoms with E-state index in [2.05, 4.69) is 25.9 Å². The van der Waals surface area contributed by atoms with Crippen LogP contribution in [0, 0.1) is 0 Å². The predicted octanol–water partition coefficient (Wildman–Crippen LogP) is 2.57. The molecule has 1 aromatic rings. The van der Waals surface area contributed by atoms with Gasteiger partial charge in [-0.3, -0.25) is 0 Å². The van der Waals surface area contributed by atoms with Crippen LogP contribution in [-0.2, 0) is 0 Å². The van der Waals surface area contributed by atoms with Gasteiger partial charge in [-0.05, 0) is 35.2 Å². The summed E-state index contributed by atoms with van der Waals surface area (Å²) in [7, 11) is 1.85. The second-order valence-corrected chi connectivity index (χ2v) is 4.74. The summed E-state index contributed by atoms with van der Waals surface area (Å²) < 4.78 is 14.3. The van der Waals surface area contributed by atoms with E-state index in [1.165, 1.54) is 0 Å². The summed E-state index contributed by atoms with van der Waals surface area (Å²) in [5.74, 6) is 0.591. The number of hydrogen-bond acceptors (Lipinski definition) is 3. The zero-order valence-electron chi connectivity index (χ0n) is 8.53. The van der Waals surface area contributed by atoms with Gasteiger partial charge in [0.2, 0.25) is 5.95 Å². The quantitative estimate of drug-likeness (QED) is 0.830. The van der Waals surface area contributed by atoms with E-state index >= 15 is 0 Å². The molecule has 0 aromatic carbocycles. The summed E-state index contributed by atoms with van der Waals surface area (Å²) in [6.45, 7) is 0. The van der Waals surface area contributed by atoms with Crippen LogP contribution in [0.25, 0.3) is 0 Å². The van der Waals surface area contributed by atoms with Gasteiger partial charge >= 0.3 is 0 Å². The highest BCUT2D eigenvalue weighted by atomic mass is 79.9. The molecule has 82 valence electrons. The van der Waals surface area contributed by atoms with Gasteiger partial charge in [-0.1, -0.05) is 0 Å². The first-order chi connectivity index (χ1) is 7.18. The lowest BCUT2D eigenvalue weighted by Gasteiger charge is -2.25. The number of nitrogens with zero attached hydrogens (tertiary/aromatic N) is 3. The van der Waals surface area contributed by atoms with Crippen molar-refractivity contribution in [2.45, 2.75) is 31.5 Å². The number of anilines is 1. The van der Waals surface area contributed by atoms with E-state index in [1.54, 1.807) is 12.4 Å². The Morgan fingerprint density at radius 2 is 2.07 bits per heavy atom. The minimum atomic E-state index is -0.748. The van der Waals surface area contributed by atoms with Crippen molar-refractivity contribution in [2.75, 3.05) is 11.9 Å². The van der Waals surface area contributed by atoms with Crippen molar-refractivity contribution in [1.29, 1.82) is 0 Å². The zero-order valence-corrected chi connectivity index (χ0v) is 10.1. The fourth-order valence-corrected chi connectivity index (χ4v) is 2.17. The molecule has 15 heavy (non-hydrogen) atoms. The second kappa shape index (κ2) is 4.43. The Bertz CT molecular complexity index is 330. The fourth-order valence-electron chi connectivity index (χ4n) is 1.97. The SMILES string of the molecule is CN(c1ncc(Br)cn1)[C@@H]1CCC[C@H]1F. The molecule has 1 aliphatic carbocycles. The smallest absolute Gasteiger partial charge is 0.225 e. The molecule has 2 atom stereocenters. The average Bonchev–Trinajstić information content (AvgIpc) is 2.65. The second-order valence-electron chi connectivity index (χ2n) is 3.83. The largest absolute Gasteiger partial charge is 0.338 e. The molecule has 0 saturated heterocycles. The molecule has 0 spiro atoms. The molecule has 3 nitrogen and oxygen atoms in total. The minimum Gasteiger partial charge on any atom is -0.338 e. The van der Waals surface area contributed by atoms with Gasteiger partial charge in [-0.15, -0.1) is 0 Å². The molecule has 1 fully saturated rings. The van der Waals surface area contributed by atoms with Crippen LogP contribution >= 0.6 is 15.9 Å². The lowest BCUT2D eigenvalue weighted by Crippen LogP contribution is -2.36. The van der Waals surface area contributed by atoms with Crippen molar-refractivity contribution in [1.82, 2.24) is 9.97 Å². The molecule has 0 bridgehead atoms. The Hall–Kier alpha value is -0.710. The van der Waals surface area contributed by atoms with Crippen LogP contribution in [0.2, 0.25) is 0 Å². The maximum absolute atomic E-state index is 13.5. The maximum atomic E-state index is 13.5. The average molecular weight is 274 g/mol. The Morgan fingerprint density at radius 1 is 1.40 bits per heavy atom. The number of rotatable bonds is 2. The van der Waals surface area contributed by atoms with Gasteiger partial charge in [0.15, 0.2) is 0 Å². The van der Waals surface area contributed by atoms with Gasteiger partial charge in [0, 0.05) is 19.4 Å². The van der Waals surface area contributed by atoms with E-state index in [0.717, 1.165) is 17.3 Å². The van der Waals surface area contributed by atoms with E-state index in [9.17, 15) is 4.39 Å². The summed E-state index contributed by atoms with van der Waals surface area (Å²) in [6, 6.07) is -0.0637. The minimum absolute atomic E-state index is 0.0637. The van der Waals surface area contributed by atoms with Crippen LogP contribution in [0.4, 0.5) is 10.3 Å². The number of alkyl halides is 1.